The molecule has 1 saturated carbocycles. The van der Waals surface area contributed by atoms with Crippen molar-refractivity contribution in [3.8, 4) is 11.8 Å². The van der Waals surface area contributed by atoms with Crippen molar-refractivity contribution in [2.75, 3.05) is 0 Å². The van der Waals surface area contributed by atoms with Gasteiger partial charge in [0.25, 0.3) is 0 Å². The molecule has 2 aromatic rings. The topological polar surface area (TPSA) is 41.6 Å². The van der Waals surface area contributed by atoms with Gasteiger partial charge in [-0.25, -0.2) is 4.68 Å². The van der Waals surface area contributed by atoms with Crippen LogP contribution in [0.3, 0.4) is 0 Å². The monoisotopic (exact) mass is 515 g/mol. The zero-order chi connectivity index (χ0) is 18.8. The predicted molar refractivity (Wildman–Crippen MR) is 95.9 cm³/mol. The maximum Gasteiger partial charge on any atom is 0.417 e. The van der Waals surface area contributed by atoms with Crippen molar-refractivity contribution in [1.29, 1.82) is 5.26 Å². The average molecular weight is 518 g/mol. The number of hydrogen-bond acceptors (Lipinski definition) is 2. The van der Waals surface area contributed by atoms with Gasteiger partial charge in [-0.3, -0.25) is 0 Å². The molecular formula is C15H8Br2Cl2F3N3. The van der Waals surface area contributed by atoms with Crippen LogP contribution in [-0.4, -0.2) is 13.0 Å². The molecule has 0 amide bonds. The van der Waals surface area contributed by atoms with Gasteiger partial charge in [0.15, 0.2) is 5.69 Å². The Balaban J connectivity index is 2.12. The molecule has 0 radical (unpaired) electrons. The average Bonchev–Trinajstić information content (AvgIpc) is 2.85. The Morgan fingerprint density at radius 2 is 1.88 bits per heavy atom. The molecule has 1 aliphatic rings. The Kier molecular flexibility index (Phi) is 4.47. The van der Waals surface area contributed by atoms with Crippen LogP contribution in [0.5, 0.6) is 0 Å². The van der Waals surface area contributed by atoms with Crippen LogP contribution in [0, 0.1) is 11.3 Å². The predicted octanol–water partition coefficient (Wildman–Crippen LogP) is 6.22. The number of aromatic nitrogens is 2. The summed E-state index contributed by atoms with van der Waals surface area (Å²) in [6.07, 6.45) is -2.30. The lowest BCUT2D eigenvalue weighted by molar-refractivity contribution is -0.137. The molecule has 10 heteroatoms. The molecule has 1 unspecified atom stereocenters. The van der Waals surface area contributed by atoms with Crippen LogP contribution in [0.25, 0.3) is 5.69 Å². The van der Waals surface area contributed by atoms with E-state index in [0.717, 1.165) is 12.5 Å². The van der Waals surface area contributed by atoms with Crippen LogP contribution in [0.1, 0.15) is 30.2 Å². The number of halogens is 7. The molecular weight excluding hydrogens is 510 g/mol. The van der Waals surface area contributed by atoms with Gasteiger partial charge in [0.1, 0.15) is 6.07 Å². The highest BCUT2D eigenvalue weighted by molar-refractivity contribution is 9.25. The maximum atomic E-state index is 12.9. The van der Waals surface area contributed by atoms with Gasteiger partial charge >= 0.3 is 6.18 Å². The minimum absolute atomic E-state index is 0.168. The molecule has 0 bridgehead atoms. The molecule has 0 saturated heterocycles. The van der Waals surface area contributed by atoms with E-state index >= 15 is 0 Å². The van der Waals surface area contributed by atoms with E-state index in [1.165, 1.54) is 10.7 Å². The van der Waals surface area contributed by atoms with Crippen molar-refractivity contribution in [3.05, 3.63) is 45.2 Å². The van der Waals surface area contributed by atoms with Gasteiger partial charge in [0.05, 0.1) is 24.5 Å². The second-order valence-electron chi connectivity index (χ2n) is 5.92. The zero-order valence-corrected chi connectivity index (χ0v) is 17.1. The molecule has 0 N–H and O–H groups in total. The van der Waals surface area contributed by atoms with Gasteiger partial charge in [0.2, 0.25) is 0 Å². The molecule has 25 heavy (non-hydrogen) atoms. The number of alkyl halides is 5. The number of benzene rings is 1. The molecule has 0 spiro atoms. The lowest BCUT2D eigenvalue weighted by Crippen LogP contribution is -2.09. The van der Waals surface area contributed by atoms with Crippen molar-refractivity contribution in [2.45, 2.75) is 28.2 Å². The third-order valence-electron chi connectivity index (χ3n) is 4.29. The van der Waals surface area contributed by atoms with E-state index in [9.17, 15) is 18.4 Å². The third kappa shape index (κ3) is 2.99. The largest absolute Gasteiger partial charge is 0.417 e. The van der Waals surface area contributed by atoms with Crippen LogP contribution >= 0.6 is 55.1 Å². The molecule has 1 aromatic heterocycles. The number of rotatable bonds is 2. The fourth-order valence-corrected chi connectivity index (χ4v) is 4.68. The summed E-state index contributed by atoms with van der Waals surface area (Å²) >= 11 is 18.9. The van der Waals surface area contributed by atoms with Crippen molar-refractivity contribution in [3.63, 3.8) is 0 Å². The smallest absolute Gasteiger partial charge is 0.238 e. The van der Waals surface area contributed by atoms with Crippen molar-refractivity contribution >= 4 is 55.1 Å². The summed E-state index contributed by atoms with van der Waals surface area (Å²) in [5.74, 6) is 0. The lowest BCUT2D eigenvalue weighted by atomic mass is 9.99. The van der Waals surface area contributed by atoms with Crippen LogP contribution < -0.4 is 0 Å². The van der Waals surface area contributed by atoms with Gasteiger partial charge in [-0.15, -0.1) is 0 Å². The Morgan fingerprint density at radius 1 is 1.28 bits per heavy atom. The third-order valence-corrected chi connectivity index (χ3v) is 7.47. The molecule has 3 rings (SSSR count). The second kappa shape index (κ2) is 5.88. The van der Waals surface area contributed by atoms with Crippen molar-refractivity contribution in [2.24, 2.45) is 0 Å². The molecule has 132 valence electrons. The molecule has 1 heterocycles. The lowest BCUT2D eigenvalue weighted by Gasteiger charge is -2.13. The van der Waals surface area contributed by atoms with Crippen LogP contribution in [0.2, 0.25) is 10.0 Å². The first kappa shape index (κ1) is 19.0. The summed E-state index contributed by atoms with van der Waals surface area (Å²) in [6.45, 7) is 1.94. The Labute approximate surface area is 168 Å². The summed E-state index contributed by atoms with van der Waals surface area (Å²) in [5.41, 5.74) is -0.393. The van der Waals surface area contributed by atoms with Gasteiger partial charge in [-0.05, 0) is 18.6 Å². The highest BCUT2D eigenvalue weighted by Gasteiger charge is 2.64. The first-order valence-corrected chi connectivity index (χ1v) is 9.20. The van der Waals surface area contributed by atoms with Gasteiger partial charge in [-0.2, -0.15) is 23.5 Å². The number of nitrogens with zero attached hydrogens (tertiary/aromatic N) is 3. The fraction of sp³-hybridized carbons (Fsp3) is 0.333. The van der Waals surface area contributed by atoms with E-state index in [1.807, 2.05) is 13.0 Å². The first-order chi connectivity index (χ1) is 11.4. The minimum Gasteiger partial charge on any atom is -0.238 e. The summed E-state index contributed by atoms with van der Waals surface area (Å²) in [7, 11) is 0. The highest BCUT2D eigenvalue weighted by Crippen LogP contribution is 2.67. The van der Waals surface area contributed by atoms with E-state index in [1.54, 1.807) is 6.20 Å². The van der Waals surface area contributed by atoms with E-state index in [4.69, 9.17) is 23.2 Å². The quantitative estimate of drug-likeness (QED) is 0.444. The van der Waals surface area contributed by atoms with Gasteiger partial charge in [-0.1, -0.05) is 62.0 Å². The second-order valence-corrected chi connectivity index (χ2v) is 10.4. The van der Waals surface area contributed by atoms with Crippen molar-refractivity contribution < 1.29 is 13.2 Å². The number of nitriles is 1. The van der Waals surface area contributed by atoms with Crippen LogP contribution in [0.4, 0.5) is 13.2 Å². The molecule has 0 aliphatic heterocycles. The molecule has 3 nitrogen and oxygen atoms in total. The molecule has 1 atom stereocenters. The van der Waals surface area contributed by atoms with E-state index in [2.05, 4.69) is 37.0 Å². The molecule has 1 fully saturated rings. The van der Waals surface area contributed by atoms with E-state index in [-0.39, 0.29) is 25.1 Å². The molecule has 1 aromatic carbocycles. The summed E-state index contributed by atoms with van der Waals surface area (Å²) < 4.78 is 39.7. The van der Waals surface area contributed by atoms with Gasteiger partial charge in [0, 0.05) is 17.2 Å². The van der Waals surface area contributed by atoms with E-state index in [0.29, 0.717) is 5.56 Å². The zero-order valence-electron chi connectivity index (χ0n) is 12.4. The minimum atomic E-state index is -4.61. The number of hydrogen-bond donors (Lipinski definition) is 0. The molecule has 1 aliphatic carbocycles. The maximum absolute atomic E-state index is 12.9. The highest BCUT2D eigenvalue weighted by atomic mass is 79.9. The SMILES string of the molecule is CC1(c2cn(-c3ccc(C(F)(F)F)c(Cl)c3Cl)nc2C#N)CC1(Br)Br. The van der Waals surface area contributed by atoms with Crippen LogP contribution in [-0.2, 0) is 11.6 Å². The standard InChI is InChI=1S/C15H8Br2Cl2F3N3/c1-13(6-14(13,16)17)8-5-25(24-9(8)4-23)10-3-2-7(15(20,21)22)11(18)12(10)19/h2-3,5H,6H2,1H3. The summed E-state index contributed by atoms with van der Waals surface area (Å²) in [4.78, 5) is 0. The summed E-state index contributed by atoms with van der Waals surface area (Å²) in [5, 5.41) is 12.6. The van der Waals surface area contributed by atoms with E-state index < -0.39 is 16.8 Å². The Bertz CT molecular complexity index is 918. The van der Waals surface area contributed by atoms with Gasteiger partial charge < -0.3 is 0 Å². The first-order valence-electron chi connectivity index (χ1n) is 6.86. The van der Waals surface area contributed by atoms with Crippen molar-refractivity contribution in [1.82, 2.24) is 9.78 Å². The Hall–Kier alpha value is -0.750. The fourth-order valence-electron chi connectivity index (χ4n) is 2.61. The summed E-state index contributed by atoms with van der Waals surface area (Å²) in [6, 6.07) is 4.03. The van der Waals surface area contributed by atoms with Crippen LogP contribution in [0.15, 0.2) is 18.3 Å². The normalized spacial score (nSPS) is 21.9. The Morgan fingerprint density at radius 3 is 2.36 bits per heavy atom.